The van der Waals surface area contributed by atoms with Gasteiger partial charge >= 0.3 is 12.2 Å². The third-order valence-electron chi connectivity index (χ3n) is 2.50. The number of nitrogens with zero attached hydrogens (tertiary/aromatic N) is 1. The van der Waals surface area contributed by atoms with E-state index in [4.69, 9.17) is 0 Å². The van der Waals surface area contributed by atoms with Gasteiger partial charge in [-0.15, -0.1) is 0 Å². The number of benzene rings is 1. The number of allylic oxidation sites excluding steroid dienone is 4. The lowest BCUT2D eigenvalue weighted by Gasteiger charge is -2.15. The van der Waals surface area contributed by atoms with Crippen LogP contribution < -0.4 is 5.32 Å². The van der Waals surface area contributed by atoms with Gasteiger partial charge in [0.1, 0.15) is 0 Å². The second kappa shape index (κ2) is 5.64. The quantitative estimate of drug-likeness (QED) is 0.824. The molecular weight excluding hydrogens is 269 g/mol. The topological polar surface area (TPSA) is 32.3 Å². The van der Waals surface area contributed by atoms with Crippen molar-refractivity contribution < 1.29 is 18.0 Å². The summed E-state index contributed by atoms with van der Waals surface area (Å²) in [5.74, 6) is 0. The van der Waals surface area contributed by atoms with Gasteiger partial charge in [0, 0.05) is 18.1 Å². The zero-order chi connectivity index (χ0) is 14.6. The average molecular weight is 280 g/mol. The Morgan fingerprint density at radius 3 is 2.30 bits per heavy atom. The van der Waals surface area contributed by atoms with Crippen molar-refractivity contribution in [1.82, 2.24) is 4.90 Å². The molecule has 20 heavy (non-hydrogen) atoms. The second-order valence-electron chi connectivity index (χ2n) is 3.98. The van der Waals surface area contributed by atoms with E-state index in [1.807, 2.05) is 0 Å². The van der Waals surface area contributed by atoms with Gasteiger partial charge in [0.05, 0.1) is 5.56 Å². The molecule has 1 aliphatic heterocycles. The minimum absolute atomic E-state index is 0.0869. The van der Waals surface area contributed by atoms with E-state index in [0.717, 1.165) is 12.1 Å². The lowest BCUT2D eigenvalue weighted by molar-refractivity contribution is -0.137. The highest BCUT2D eigenvalue weighted by Gasteiger charge is 2.30. The molecule has 2 amide bonds. The molecule has 1 N–H and O–H groups in total. The molecule has 1 aromatic carbocycles. The molecular formula is C14H11F3N2O. The Morgan fingerprint density at radius 2 is 1.70 bits per heavy atom. The number of hydrogen-bond acceptors (Lipinski definition) is 1. The summed E-state index contributed by atoms with van der Waals surface area (Å²) in [6, 6.07) is 3.94. The van der Waals surface area contributed by atoms with Crippen molar-refractivity contribution >= 4 is 11.7 Å². The van der Waals surface area contributed by atoms with Gasteiger partial charge in [0.25, 0.3) is 0 Å². The van der Waals surface area contributed by atoms with Gasteiger partial charge in [0.2, 0.25) is 0 Å². The van der Waals surface area contributed by atoms with Gasteiger partial charge in [-0.3, -0.25) is 4.90 Å². The van der Waals surface area contributed by atoms with E-state index in [2.05, 4.69) is 5.32 Å². The predicted molar refractivity (Wildman–Crippen MR) is 69.7 cm³/mol. The van der Waals surface area contributed by atoms with Crippen molar-refractivity contribution in [3.05, 3.63) is 66.5 Å². The van der Waals surface area contributed by atoms with Gasteiger partial charge in [-0.05, 0) is 30.4 Å². The molecule has 1 heterocycles. The van der Waals surface area contributed by atoms with Crippen molar-refractivity contribution in [3.63, 3.8) is 0 Å². The number of hydrogen-bond donors (Lipinski definition) is 1. The fourth-order valence-corrected chi connectivity index (χ4v) is 1.56. The number of carbonyl (C=O) groups excluding carboxylic acids is 1. The van der Waals surface area contributed by atoms with E-state index in [1.165, 1.54) is 29.4 Å². The van der Waals surface area contributed by atoms with E-state index < -0.39 is 17.8 Å². The van der Waals surface area contributed by atoms with Gasteiger partial charge in [-0.2, -0.15) is 13.2 Å². The number of amides is 2. The Bertz CT molecular complexity index is 572. The van der Waals surface area contributed by atoms with Crippen LogP contribution >= 0.6 is 0 Å². The Morgan fingerprint density at radius 1 is 1.05 bits per heavy atom. The summed E-state index contributed by atoms with van der Waals surface area (Å²) >= 11 is 0. The highest BCUT2D eigenvalue weighted by Crippen LogP contribution is 2.30. The van der Waals surface area contributed by atoms with Gasteiger partial charge in [-0.25, -0.2) is 4.79 Å². The second-order valence-corrected chi connectivity index (χ2v) is 3.98. The number of carbonyl (C=O) groups is 1. The lowest BCUT2D eigenvalue weighted by atomic mass is 10.2. The van der Waals surface area contributed by atoms with Crippen molar-refractivity contribution in [2.24, 2.45) is 0 Å². The molecule has 0 saturated heterocycles. The van der Waals surface area contributed by atoms with Gasteiger partial charge in [0.15, 0.2) is 0 Å². The number of rotatable bonds is 1. The summed E-state index contributed by atoms with van der Waals surface area (Å²) in [5, 5.41) is 2.41. The summed E-state index contributed by atoms with van der Waals surface area (Å²) in [5.41, 5.74) is -0.720. The molecule has 1 aliphatic rings. The van der Waals surface area contributed by atoms with E-state index in [-0.39, 0.29) is 5.69 Å². The van der Waals surface area contributed by atoms with Crippen LogP contribution in [0.25, 0.3) is 0 Å². The molecule has 0 bridgehead atoms. The van der Waals surface area contributed by atoms with Crippen LogP contribution in [0.3, 0.4) is 0 Å². The Balaban J connectivity index is 2.12. The Kier molecular flexibility index (Phi) is 3.93. The normalized spacial score (nSPS) is 14.2. The third kappa shape index (κ3) is 3.50. The maximum atomic E-state index is 12.6. The molecule has 0 aliphatic carbocycles. The average Bonchev–Trinajstić information content (AvgIpc) is 2.67. The monoisotopic (exact) mass is 280 g/mol. The van der Waals surface area contributed by atoms with E-state index in [0.29, 0.717) is 0 Å². The van der Waals surface area contributed by atoms with Crippen LogP contribution in [0.1, 0.15) is 5.56 Å². The minimum atomic E-state index is -4.44. The zero-order valence-electron chi connectivity index (χ0n) is 10.3. The van der Waals surface area contributed by atoms with Crippen LogP contribution in [-0.2, 0) is 6.18 Å². The molecule has 3 nitrogen and oxygen atoms in total. The lowest BCUT2D eigenvalue weighted by Crippen LogP contribution is -2.25. The summed E-state index contributed by atoms with van der Waals surface area (Å²) in [6.45, 7) is 0. The maximum absolute atomic E-state index is 12.6. The van der Waals surface area contributed by atoms with E-state index in [1.54, 1.807) is 24.3 Å². The molecule has 2 rings (SSSR count). The number of nitrogens with one attached hydrogen (secondary N) is 1. The molecule has 0 fully saturated rings. The molecule has 6 heteroatoms. The highest BCUT2D eigenvalue weighted by atomic mass is 19.4. The van der Waals surface area contributed by atoms with Crippen LogP contribution in [0.5, 0.6) is 0 Å². The van der Waals surface area contributed by atoms with Crippen molar-refractivity contribution in [1.29, 1.82) is 0 Å². The highest BCUT2D eigenvalue weighted by molar-refractivity contribution is 5.90. The standard InChI is InChI=1S/C14H11F3N2O/c15-14(16,17)11-6-5-7-12(10-11)18-13(20)19-8-3-1-2-4-9-19/h1-10H,(H,18,20). The fraction of sp³-hybridized carbons (Fsp3) is 0.0714. The number of urea groups is 1. The van der Waals surface area contributed by atoms with Gasteiger partial charge in [-0.1, -0.05) is 18.2 Å². The van der Waals surface area contributed by atoms with Crippen molar-refractivity contribution in [2.75, 3.05) is 5.32 Å². The predicted octanol–water partition coefficient (Wildman–Crippen LogP) is 4.14. The summed E-state index contributed by atoms with van der Waals surface area (Å²) in [6.07, 6.45) is 5.32. The SMILES string of the molecule is O=C(Nc1cccc(C(F)(F)F)c1)N1C=CC=CC=C1. The molecule has 0 spiro atoms. The number of alkyl halides is 3. The van der Waals surface area contributed by atoms with E-state index in [9.17, 15) is 18.0 Å². The molecule has 0 atom stereocenters. The smallest absolute Gasteiger partial charge is 0.307 e. The first kappa shape index (κ1) is 13.9. The van der Waals surface area contributed by atoms with Crippen LogP contribution in [0.15, 0.2) is 61.0 Å². The molecule has 104 valence electrons. The Hall–Kier alpha value is -2.50. The van der Waals surface area contributed by atoms with Crippen LogP contribution in [-0.4, -0.2) is 10.9 Å². The molecule has 0 saturated carbocycles. The molecule has 1 aromatic rings. The Labute approximate surface area is 113 Å². The zero-order valence-corrected chi connectivity index (χ0v) is 10.3. The molecule has 0 unspecified atom stereocenters. The first-order valence-corrected chi connectivity index (χ1v) is 5.75. The third-order valence-corrected chi connectivity index (χ3v) is 2.50. The van der Waals surface area contributed by atoms with Crippen molar-refractivity contribution in [2.45, 2.75) is 6.18 Å². The van der Waals surface area contributed by atoms with E-state index >= 15 is 0 Å². The maximum Gasteiger partial charge on any atom is 0.416 e. The first-order valence-electron chi connectivity index (χ1n) is 5.75. The minimum Gasteiger partial charge on any atom is -0.307 e. The summed E-state index contributed by atoms with van der Waals surface area (Å²) in [7, 11) is 0. The number of anilines is 1. The summed E-state index contributed by atoms with van der Waals surface area (Å²) in [4.78, 5) is 13.1. The van der Waals surface area contributed by atoms with Crippen LogP contribution in [0, 0.1) is 0 Å². The van der Waals surface area contributed by atoms with Crippen LogP contribution in [0.4, 0.5) is 23.7 Å². The fourth-order valence-electron chi connectivity index (χ4n) is 1.56. The van der Waals surface area contributed by atoms with Gasteiger partial charge < -0.3 is 5.32 Å². The number of halogens is 3. The largest absolute Gasteiger partial charge is 0.416 e. The van der Waals surface area contributed by atoms with Crippen molar-refractivity contribution in [3.8, 4) is 0 Å². The first-order chi connectivity index (χ1) is 9.47. The van der Waals surface area contributed by atoms with Crippen LogP contribution in [0.2, 0.25) is 0 Å². The summed E-state index contributed by atoms with van der Waals surface area (Å²) < 4.78 is 37.7. The molecule has 0 aromatic heterocycles. The molecule has 0 radical (unpaired) electrons.